The molecule has 0 aliphatic carbocycles. The van der Waals surface area contributed by atoms with Gasteiger partial charge in [-0.3, -0.25) is 19.5 Å². The van der Waals surface area contributed by atoms with E-state index >= 15 is 0 Å². The lowest BCUT2D eigenvalue weighted by atomic mass is 10.1. The van der Waals surface area contributed by atoms with Crippen molar-refractivity contribution in [2.75, 3.05) is 72.6 Å². The summed E-state index contributed by atoms with van der Waals surface area (Å²) in [6, 6.07) is 0. The average Bonchev–Trinajstić information content (AvgIpc) is 3.55. The van der Waals surface area contributed by atoms with E-state index in [0.29, 0.717) is 37.9 Å². The van der Waals surface area contributed by atoms with Crippen molar-refractivity contribution in [3.8, 4) is 0 Å². The van der Waals surface area contributed by atoms with Crippen LogP contribution in [0.15, 0.2) is 56.7 Å². The van der Waals surface area contributed by atoms with E-state index < -0.39 is 0 Å². The molecule has 0 spiro atoms. The second-order valence-corrected chi connectivity index (χ2v) is 10.9. The Bertz CT molecular complexity index is 1400. The molecule has 3 aliphatic heterocycles. The van der Waals surface area contributed by atoms with Crippen molar-refractivity contribution in [2.45, 2.75) is 26.5 Å². The minimum absolute atomic E-state index is 0.0963. The zero-order chi connectivity index (χ0) is 29.5. The molecule has 0 aromatic carbocycles. The zero-order valence-corrected chi connectivity index (χ0v) is 25.1. The maximum atomic E-state index is 6.12. The molecule has 2 saturated heterocycles. The molecule has 3 aliphatic rings. The minimum Gasteiger partial charge on any atom is -0.490 e. The number of piperazine rings is 1. The van der Waals surface area contributed by atoms with Gasteiger partial charge in [0.2, 0.25) is 5.82 Å². The largest absolute Gasteiger partial charge is 0.490 e. The van der Waals surface area contributed by atoms with Gasteiger partial charge in [0, 0.05) is 82.8 Å². The van der Waals surface area contributed by atoms with Crippen molar-refractivity contribution >= 4 is 29.8 Å². The van der Waals surface area contributed by atoms with E-state index in [1.807, 2.05) is 39.4 Å². The Labute approximate surface area is 247 Å². The summed E-state index contributed by atoms with van der Waals surface area (Å²) in [5.41, 5.74) is 7.05. The standard InChI is InChI=1S/C29H41N11O2/c1-22-6-7-25(41-14-12-38-10-8-36(4)9-11-38)17-31-27(22)21-39-13-15-42-26(19-39)20-40-29(28(30-3)34-35-40)33-23(2)24-16-32-37(5)18-24/h7,16-18,26H,3,8-15,19-21H2,1-2,4-5H3. The Morgan fingerprint density at radius 1 is 1.19 bits per heavy atom. The van der Waals surface area contributed by atoms with Crippen molar-refractivity contribution < 1.29 is 9.47 Å². The Hall–Kier alpha value is -3.74. The SMILES string of the molecule is C=Nc1nnn(CC2CN(CC3=NC=C(OCCN4CCN(C)CC4)C=C=C3C)CCO2)c1N=C(C)c1cnn(C)c1. The molecule has 2 aromatic heterocycles. The number of aliphatic imine (C=N–C) groups is 3. The van der Waals surface area contributed by atoms with Gasteiger partial charge in [-0.05, 0) is 27.6 Å². The fraction of sp³-hybridized carbons (Fsp3) is 0.552. The second-order valence-electron chi connectivity index (χ2n) is 10.9. The van der Waals surface area contributed by atoms with Crippen LogP contribution >= 0.6 is 0 Å². The maximum absolute atomic E-state index is 6.12. The van der Waals surface area contributed by atoms with Crippen LogP contribution < -0.4 is 0 Å². The monoisotopic (exact) mass is 575 g/mol. The molecule has 13 nitrogen and oxygen atoms in total. The average molecular weight is 576 g/mol. The van der Waals surface area contributed by atoms with Crippen LogP contribution in [0, 0.1) is 0 Å². The Balaban J connectivity index is 1.18. The van der Waals surface area contributed by atoms with Crippen LogP contribution in [0.2, 0.25) is 0 Å². The fourth-order valence-electron chi connectivity index (χ4n) is 5.04. The molecular formula is C29H41N11O2. The van der Waals surface area contributed by atoms with Crippen LogP contribution in [0.5, 0.6) is 0 Å². The van der Waals surface area contributed by atoms with Crippen LogP contribution in [0.1, 0.15) is 19.4 Å². The molecule has 13 heteroatoms. The normalized spacial score (nSPS) is 21.1. The number of aromatic nitrogens is 5. The van der Waals surface area contributed by atoms with E-state index in [2.05, 4.69) is 54.6 Å². The van der Waals surface area contributed by atoms with Gasteiger partial charge >= 0.3 is 0 Å². The number of likely N-dealkylation sites (N-methyl/N-ethyl adjacent to an activating group) is 1. The Morgan fingerprint density at radius 2 is 2.02 bits per heavy atom. The summed E-state index contributed by atoms with van der Waals surface area (Å²) in [6.45, 7) is 16.9. The molecule has 0 amide bonds. The number of rotatable bonds is 11. The third-order valence-corrected chi connectivity index (χ3v) is 7.69. The summed E-state index contributed by atoms with van der Waals surface area (Å²) in [5, 5.41) is 12.7. The van der Waals surface area contributed by atoms with E-state index in [0.717, 1.165) is 74.1 Å². The summed E-state index contributed by atoms with van der Waals surface area (Å²) >= 11 is 0. The van der Waals surface area contributed by atoms with Crippen LogP contribution in [-0.2, 0) is 23.1 Å². The molecule has 0 bridgehead atoms. The number of nitrogens with zero attached hydrogens (tertiary/aromatic N) is 11. The van der Waals surface area contributed by atoms with Crippen molar-refractivity contribution in [1.29, 1.82) is 0 Å². The Morgan fingerprint density at radius 3 is 2.79 bits per heavy atom. The number of aryl methyl sites for hydroxylation is 1. The zero-order valence-electron chi connectivity index (χ0n) is 25.1. The molecule has 0 radical (unpaired) electrons. The molecule has 224 valence electrons. The fourth-order valence-corrected chi connectivity index (χ4v) is 5.04. The first-order valence-corrected chi connectivity index (χ1v) is 14.4. The molecule has 0 N–H and O–H groups in total. The lowest BCUT2D eigenvalue weighted by Gasteiger charge is -2.33. The summed E-state index contributed by atoms with van der Waals surface area (Å²) in [4.78, 5) is 20.7. The van der Waals surface area contributed by atoms with Gasteiger partial charge < -0.3 is 14.4 Å². The first-order valence-electron chi connectivity index (χ1n) is 14.4. The lowest BCUT2D eigenvalue weighted by Crippen LogP contribution is -2.46. The molecule has 5 heterocycles. The Kier molecular flexibility index (Phi) is 9.88. The van der Waals surface area contributed by atoms with Gasteiger partial charge in [-0.25, -0.2) is 14.7 Å². The number of morpholine rings is 1. The van der Waals surface area contributed by atoms with E-state index in [9.17, 15) is 0 Å². The van der Waals surface area contributed by atoms with Gasteiger partial charge in [-0.1, -0.05) is 5.21 Å². The van der Waals surface area contributed by atoms with Crippen molar-refractivity contribution in [2.24, 2.45) is 22.0 Å². The van der Waals surface area contributed by atoms with Crippen LogP contribution in [0.3, 0.4) is 0 Å². The van der Waals surface area contributed by atoms with Gasteiger partial charge in [0.25, 0.3) is 0 Å². The lowest BCUT2D eigenvalue weighted by molar-refractivity contribution is -0.0325. The van der Waals surface area contributed by atoms with Gasteiger partial charge in [-0.15, -0.1) is 10.8 Å². The van der Waals surface area contributed by atoms with Gasteiger partial charge in [-0.2, -0.15) is 5.10 Å². The second kappa shape index (κ2) is 14.0. The maximum Gasteiger partial charge on any atom is 0.220 e. The van der Waals surface area contributed by atoms with E-state index in [-0.39, 0.29) is 6.10 Å². The summed E-state index contributed by atoms with van der Waals surface area (Å²) in [5.74, 6) is 1.68. The molecule has 1 atom stereocenters. The van der Waals surface area contributed by atoms with Crippen molar-refractivity contribution in [3.63, 3.8) is 0 Å². The summed E-state index contributed by atoms with van der Waals surface area (Å²) in [6.07, 6.45) is 7.30. The molecule has 0 saturated carbocycles. The van der Waals surface area contributed by atoms with Crippen LogP contribution in [-0.4, -0.2) is 136 Å². The number of allylic oxidation sites excluding steroid dienone is 1. The number of hydrogen-bond donors (Lipinski definition) is 0. The molecular weight excluding hydrogens is 534 g/mol. The third-order valence-electron chi connectivity index (χ3n) is 7.69. The smallest absolute Gasteiger partial charge is 0.220 e. The summed E-state index contributed by atoms with van der Waals surface area (Å²) < 4.78 is 15.6. The molecule has 2 fully saturated rings. The number of hydrogen-bond acceptors (Lipinski definition) is 11. The molecule has 1 unspecified atom stereocenters. The topological polar surface area (TPSA) is 114 Å². The van der Waals surface area contributed by atoms with E-state index in [1.165, 1.54) is 0 Å². The quantitative estimate of drug-likeness (QED) is 0.295. The van der Waals surface area contributed by atoms with Crippen molar-refractivity contribution in [3.05, 3.63) is 47.3 Å². The van der Waals surface area contributed by atoms with Gasteiger partial charge in [0.1, 0.15) is 12.4 Å². The molecule has 5 rings (SSSR count). The van der Waals surface area contributed by atoms with Gasteiger partial charge in [0.05, 0.1) is 43.1 Å². The van der Waals surface area contributed by atoms with Crippen LogP contribution in [0.4, 0.5) is 11.6 Å². The van der Waals surface area contributed by atoms with Crippen LogP contribution in [0.25, 0.3) is 0 Å². The predicted molar refractivity (Wildman–Crippen MR) is 163 cm³/mol. The third kappa shape index (κ3) is 7.75. The van der Waals surface area contributed by atoms with Gasteiger partial charge in [0.15, 0.2) is 5.82 Å². The van der Waals surface area contributed by atoms with E-state index in [4.69, 9.17) is 19.5 Å². The minimum atomic E-state index is -0.0963. The first-order chi connectivity index (χ1) is 20.4. The highest BCUT2D eigenvalue weighted by molar-refractivity contribution is 6.01. The highest BCUT2D eigenvalue weighted by Gasteiger charge is 2.25. The molecule has 42 heavy (non-hydrogen) atoms. The molecule has 2 aromatic rings. The van der Waals surface area contributed by atoms with E-state index in [1.54, 1.807) is 15.6 Å². The first kappa shape index (κ1) is 29.7. The number of ether oxygens (including phenoxy) is 2. The summed E-state index contributed by atoms with van der Waals surface area (Å²) in [7, 11) is 4.04. The van der Waals surface area contributed by atoms with Crippen molar-refractivity contribution in [1.82, 2.24) is 39.5 Å². The predicted octanol–water partition coefficient (Wildman–Crippen LogP) is 1.85. The highest BCUT2D eigenvalue weighted by Crippen LogP contribution is 2.26. The highest BCUT2D eigenvalue weighted by atomic mass is 16.5.